The van der Waals surface area contributed by atoms with Gasteiger partial charge in [-0.05, 0) is 0 Å². The van der Waals surface area contributed by atoms with Crippen LogP contribution >= 0.6 is 0 Å². The Balaban J connectivity index is 4.31. The van der Waals surface area contributed by atoms with E-state index in [2.05, 4.69) is 6.58 Å². The Bertz CT molecular complexity index is 112. The van der Waals surface area contributed by atoms with Crippen LogP contribution in [0.1, 0.15) is 6.92 Å². The van der Waals surface area contributed by atoms with Crippen molar-refractivity contribution < 1.29 is 27.7 Å². The van der Waals surface area contributed by atoms with Crippen LogP contribution in [0.2, 0.25) is 0 Å². The second-order valence-corrected chi connectivity index (χ2v) is 6.93. The summed E-state index contributed by atoms with van der Waals surface area (Å²) in [6.07, 6.45) is 0. The van der Waals surface area contributed by atoms with Crippen LogP contribution in [0.25, 0.3) is 0 Å². The summed E-state index contributed by atoms with van der Waals surface area (Å²) in [4.78, 5) is 0. The average Bonchev–Trinajstić information content (AvgIpc) is 1.92. The van der Waals surface area contributed by atoms with Gasteiger partial charge < -0.3 is 0 Å². The molecule has 3 nitrogen and oxygen atoms in total. The summed E-state index contributed by atoms with van der Waals surface area (Å²) in [6.45, 7) is 5.61. The van der Waals surface area contributed by atoms with Crippen molar-refractivity contribution in [2.75, 3.05) is 21.3 Å². The fourth-order valence-corrected chi connectivity index (χ4v) is 3.19. The van der Waals surface area contributed by atoms with E-state index in [0.717, 1.165) is 3.88 Å². The zero-order valence-electron chi connectivity index (χ0n) is 6.93. The first-order chi connectivity index (χ1) is 4.63. The van der Waals surface area contributed by atoms with Gasteiger partial charge >= 0.3 is 66.4 Å². The SMILES string of the molecule is C=[C](C)[Ti]([O]C)([O]C)[O]C. The number of hydrogen-bond donors (Lipinski definition) is 0. The second kappa shape index (κ2) is 4.26. The van der Waals surface area contributed by atoms with E-state index in [1.165, 1.54) is 0 Å². The molecule has 0 aliphatic rings. The normalized spacial score (nSPS) is 11.6. The Kier molecular flexibility index (Phi) is 4.40. The summed E-state index contributed by atoms with van der Waals surface area (Å²) in [7, 11) is 4.76. The summed E-state index contributed by atoms with van der Waals surface area (Å²) in [5.74, 6) is 0. The molecule has 0 atom stereocenters. The van der Waals surface area contributed by atoms with Gasteiger partial charge in [-0.1, -0.05) is 0 Å². The van der Waals surface area contributed by atoms with Gasteiger partial charge in [-0.25, -0.2) is 0 Å². The van der Waals surface area contributed by atoms with Crippen LogP contribution in [-0.4, -0.2) is 21.3 Å². The second-order valence-electron chi connectivity index (χ2n) is 1.95. The summed E-state index contributed by atoms with van der Waals surface area (Å²) in [6, 6.07) is 0. The zero-order chi connectivity index (χ0) is 8.20. The first-order valence-corrected chi connectivity index (χ1v) is 5.63. The maximum atomic E-state index is 5.14. The van der Waals surface area contributed by atoms with Gasteiger partial charge in [0.2, 0.25) is 0 Å². The van der Waals surface area contributed by atoms with Crippen molar-refractivity contribution in [2.24, 2.45) is 0 Å². The molecule has 4 heteroatoms. The topological polar surface area (TPSA) is 27.7 Å². The van der Waals surface area contributed by atoms with Gasteiger partial charge in [0.05, 0.1) is 0 Å². The predicted octanol–water partition coefficient (Wildman–Crippen LogP) is 1.36. The Morgan fingerprint density at radius 2 is 1.40 bits per heavy atom. The zero-order valence-corrected chi connectivity index (χ0v) is 8.49. The molecule has 0 amide bonds. The molecule has 0 unspecified atom stereocenters. The van der Waals surface area contributed by atoms with Crippen LogP contribution < -0.4 is 0 Å². The van der Waals surface area contributed by atoms with Crippen molar-refractivity contribution in [1.29, 1.82) is 0 Å². The third kappa shape index (κ3) is 1.91. The van der Waals surface area contributed by atoms with Crippen molar-refractivity contribution in [3.8, 4) is 0 Å². The molecule has 0 radical (unpaired) electrons. The Labute approximate surface area is 66.8 Å². The van der Waals surface area contributed by atoms with Crippen molar-refractivity contribution >= 4 is 0 Å². The third-order valence-electron chi connectivity index (χ3n) is 1.33. The summed E-state index contributed by atoms with van der Waals surface area (Å²) < 4.78 is 16.3. The van der Waals surface area contributed by atoms with Crippen LogP contribution in [0.4, 0.5) is 0 Å². The molecule has 0 saturated carbocycles. The summed E-state index contributed by atoms with van der Waals surface area (Å²) in [5, 5.41) is 0. The number of allylic oxidation sites excluding steroid dienone is 1. The van der Waals surface area contributed by atoms with Gasteiger partial charge in [-0.2, -0.15) is 0 Å². The van der Waals surface area contributed by atoms with E-state index in [-0.39, 0.29) is 0 Å². The van der Waals surface area contributed by atoms with E-state index < -0.39 is 17.8 Å². The van der Waals surface area contributed by atoms with E-state index >= 15 is 0 Å². The molecule has 0 bridgehead atoms. The molecule has 10 heavy (non-hydrogen) atoms. The Morgan fingerprint density at radius 1 is 1.10 bits per heavy atom. The van der Waals surface area contributed by atoms with Gasteiger partial charge in [0.15, 0.2) is 0 Å². The Hall–Kier alpha value is 0.334. The molecule has 0 heterocycles. The van der Waals surface area contributed by atoms with Crippen molar-refractivity contribution in [3.05, 3.63) is 10.5 Å². The number of rotatable bonds is 4. The van der Waals surface area contributed by atoms with Gasteiger partial charge in [0.25, 0.3) is 0 Å². The first kappa shape index (κ1) is 10.3. The molecule has 60 valence electrons. The molecule has 0 fully saturated rings. The van der Waals surface area contributed by atoms with Crippen LogP contribution in [0.3, 0.4) is 0 Å². The van der Waals surface area contributed by atoms with E-state index in [4.69, 9.17) is 9.96 Å². The van der Waals surface area contributed by atoms with Gasteiger partial charge in [0.1, 0.15) is 0 Å². The van der Waals surface area contributed by atoms with Gasteiger partial charge in [0, 0.05) is 0 Å². The maximum absolute atomic E-state index is 5.14. The van der Waals surface area contributed by atoms with Crippen LogP contribution in [0, 0.1) is 0 Å². The van der Waals surface area contributed by atoms with Crippen molar-refractivity contribution in [1.82, 2.24) is 0 Å². The molecular formula is C6H14O3Ti. The van der Waals surface area contributed by atoms with E-state index in [1.807, 2.05) is 6.92 Å². The van der Waals surface area contributed by atoms with Gasteiger partial charge in [-0.3, -0.25) is 0 Å². The predicted molar refractivity (Wildman–Crippen MR) is 35.8 cm³/mol. The quantitative estimate of drug-likeness (QED) is 0.614. The molecule has 0 aromatic rings. The average molecular weight is 182 g/mol. The molecular weight excluding hydrogens is 168 g/mol. The third-order valence-corrected chi connectivity index (χ3v) is 5.48. The van der Waals surface area contributed by atoms with E-state index in [0.29, 0.717) is 0 Å². The van der Waals surface area contributed by atoms with Gasteiger partial charge in [-0.15, -0.1) is 0 Å². The minimum absolute atomic E-state index is 0.868. The Morgan fingerprint density at radius 3 is 1.40 bits per heavy atom. The fourth-order valence-electron chi connectivity index (χ4n) is 0.773. The molecule has 0 aliphatic heterocycles. The minimum atomic E-state index is -2.99. The molecule has 0 aromatic heterocycles. The standard InChI is InChI=1S/C3H5.3CH3O.Ti/c1-3-2;3*1-2;/h1H2,2H3;3*1H3;/q;3*-1;+3. The molecule has 0 aliphatic carbocycles. The molecule has 0 saturated heterocycles. The summed E-state index contributed by atoms with van der Waals surface area (Å²) >= 11 is -2.99. The summed E-state index contributed by atoms with van der Waals surface area (Å²) in [5.41, 5.74) is 0. The van der Waals surface area contributed by atoms with E-state index in [9.17, 15) is 0 Å². The monoisotopic (exact) mass is 182 g/mol. The molecule has 0 rings (SSSR count). The van der Waals surface area contributed by atoms with Crippen LogP contribution in [0.15, 0.2) is 10.5 Å². The van der Waals surface area contributed by atoms with Crippen molar-refractivity contribution in [2.45, 2.75) is 6.92 Å². The first-order valence-electron chi connectivity index (χ1n) is 2.94. The number of hydrogen-bond acceptors (Lipinski definition) is 3. The molecule has 0 aromatic carbocycles. The van der Waals surface area contributed by atoms with Crippen LogP contribution in [-0.2, 0) is 27.7 Å². The molecule has 0 spiro atoms. The molecule has 0 N–H and O–H groups in total. The fraction of sp³-hybridized carbons (Fsp3) is 0.667. The van der Waals surface area contributed by atoms with Crippen LogP contribution in [0.5, 0.6) is 0 Å². The van der Waals surface area contributed by atoms with Crippen molar-refractivity contribution in [3.63, 3.8) is 0 Å². The van der Waals surface area contributed by atoms with E-state index in [1.54, 1.807) is 21.3 Å².